The molecular formula is C14H8Cl2O2. The minimum Gasteiger partial charge on any atom is -0.289 e. The van der Waals surface area contributed by atoms with Crippen molar-refractivity contribution in [2.24, 2.45) is 0 Å². The largest absolute Gasteiger partial charge is 0.289 e. The molecule has 0 unspecified atom stereocenters. The molecule has 90 valence electrons. The molecule has 4 heteroatoms. The Hall–Kier alpha value is -1.64. The van der Waals surface area contributed by atoms with E-state index < -0.39 is 0 Å². The Kier molecular flexibility index (Phi) is 3.24. The summed E-state index contributed by atoms with van der Waals surface area (Å²) in [4.78, 5) is 24.4. The molecule has 2 nitrogen and oxygen atoms in total. The molecular weight excluding hydrogens is 271 g/mol. The number of Topliss-reactive ketones (excluding diaryl/α,β-unsaturated/α-hetero) is 2. The first kappa shape index (κ1) is 12.8. The maximum Gasteiger partial charge on any atom is 0.194 e. The van der Waals surface area contributed by atoms with E-state index in [1.807, 2.05) is 0 Å². The van der Waals surface area contributed by atoms with Crippen molar-refractivity contribution in [1.82, 2.24) is 0 Å². The molecule has 0 N–H and O–H groups in total. The van der Waals surface area contributed by atoms with Crippen molar-refractivity contribution in [2.75, 3.05) is 0 Å². The monoisotopic (exact) mass is 278 g/mol. The van der Waals surface area contributed by atoms with Crippen LogP contribution in [0.15, 0.2) is 48.6 Å². The van der Waals surface area contributed by atoms with Crippen molar-refractivity contribution in [3.05, 3.63) is 69.8 Å². The molecule has 1 aliphatic rings. The first-order valence-corrected chi connectivity index (χ1v) is 5.84. The molecule has 2 rings (SSSR count). The zero-order valence-corrected chi connectivity index (χ0v) is 10.8. The number of hydrogen-bond acceptors (Lipinski definition) is 2. The van der Waals surface area contributed by atoms with Crippen LogP contribution in [-0.2, 0) is 0 Å². The van der Waals surface area contributed by atoms with E-state index in [0.717, 1.165) is 0 Å². The van der Waals surface area contributed by atoms with Gasteiger partial charge in [0.2, 0.25) is 0 Å². The van der Waals surface area contributed by atoms with Crippen LogP contribution < -0.4 is 0 Å². The van der Waals surface area contributed by atoms with Gasteiger partial charge in [-0.1, -0.05) is 48.5 Å². The second kappa shape index (κ2) is 4.56. The predicted octanol–water partition coefficient (Wildman–Crippen LogP) is 4.04. The third kappa shape index (κ3) is 1.74. The van der Waals surface area contributed by atoms with Gasteiger partial charge in [-0.2, -0.15) is 0 Å². The highest BCUT2D eigenvalue weighted by atomic mass is 35.5. The summed E-state index contributed by atoms with van der Waals surface area (Å²) >= 11 is 11.7. The van der Waals surface area contributed by atoms with Gasteiger partial charge in [-0.15, -0.1) is 0 Å². The van der Waals surface area contributed by atoms with Crippen LogP contribution in [0, 0.1) is 0 Å². The van der Waals surface area contributed by atoms with Gasteiger partial charge in [0.1, 0.15) is 0 Å². The average Bonchev–Trinajstić information content (AvgIpc) is 2.35. The Labute approximate surface area is 114 Å². The van der Waals surface area contributed by atoms with Crippen LogP contribution >= 0.6 is 23.2 Å². The lowest BCUT2D eigenvalue weighted by Gasteiger charge is -2.17. The van der Waals surface area contributed by atoms with Crippen molar-refractivity contribution in [3.8, 4) is 0 Å². The van der Waals surface area contributed by atoms with Gasteiger partial charge < -0.3 is 0 Å². The lowest BCUT2D eigenvalue weighted by atomic mass is 9.84. The highest BCUT2D eigenvalue weighted by molar-refractivity contribution is 6.43. The zero-order valence-electron chi connectivity index (χ0n) is 9.30. The van der Waals surface area contributed by atoms with E-state index in [2.05, 4.69) is 13.2 Å². The summed E-state index contributed by atoms with van der Waals surface area (Å²) < 4.78 is 0. The molecule has 0 fully saturated rings. The number of ketones is 2. The Morgan fingerprint density at radius 1 is 0.833 bits per heavy atom. The molecule has 0 heterocycles. The first-order chi connectivity index (χ1) is 8.51. The summed E-state index contributed by atoms with van der Waals surface area (Å²) in [5, 5.41) is 0.476. The molecule has 1 aromatic rings. The fourth-order valence-electron chi connectivity index (χ4n) is 1.86. The fraction of sp³-hybridized carbons (Fsp3) is 0. The van der Waals surface area contributed by atoms with Gasteiger partial charge in [0, 0.05) is 22.3 Å². The van der Waals surface area contributed by atoms with E-state index in [1.54, 1.807) is 0 Å². The van der Waals surface area contributed by atoms with Crippen LogP contribution in [0.2, 0.25) is 10.0 Å². The molecule has 1 aliphatic carbocycles. The van der Waals surface area contributed by atoms with Gasteiger partial charge in [-0.3, -0.25) is 9.59 Å². The maximum absolute atomic E-state index is 12.2. The maximum atomic E-state index is 12.2. The van der Waals surface area contributed by atoms with Crippen LogP contribution in [0.4, 0.5) is 0 Å². The van der Waals surface area contributed by atoms with Crippen molar-refractivity contribution < 1.29 is 9.59 Å². The lowest BCUT2D eigenvalue weighted by Crippen LogP contribution is -2.20. The number of fused-ring (bicyclic) bond motifs is 1. The SMILES string of the molecule is C=CC1=C(C=C)C(=O)c2cc(Cl)c(Cl)cc2C1=O. The molecule has 0 spiro atoms. The number of carbonyl (C=O) groups is 2. The Bertz CT molecular complexity index is 584. The van der Waals surface area contributed by atoms with E-state index >= 15 is 0 Å². The number of halogens is 2. The smallest absolute Gasteiger partial charge is 0.194 e. The number of carbonyl (C=O) groups excluding carboxylic acids is 2. The molecule has 0 radical (unpaired) electrons. The number of allylic oxidation sites excluding steroid dienone is 4. The zero-order chi connectivity index (χ0) is 13.4. The Morgan fingerprint density at radius 3 is 1.44 bits per heavy atom. The minimum atomic E-state index is -0.298. The van der Waals surface area contributed by atoms with Crippen molar-refractivity contribution >= 4 is 34.8 Å². The number of rotatable bonds is 2. The van der Waals surface area contributed by atoms with Gasteiger partial charge in [0.15, 0.2) is 11.6 Å². The van der Waals surface area contributed by atoms with Crippen LogP contribution in [0.1, 0.15) is 20.7 Å². The molecule has 0 saturated heterocycles. The normalized spacial score (nSPS) is 14.6. The summed E-state index contributed by atoms with van der Waals surface area (Å²) in [6.45, 7) is 7.09. The Morgan fingerprint density at radius 2 is 1.17 bits per heavy atom. The molecule has 0 bridgehead atoms. The molecule has 0 amide bonds. The number of hydrogen-bond donors (Lipinski definition) is 0. The molecule has 0 aliphatic heterocycles. The van der Waals surface area contributed by atoms with Gasteiger partial charge in [0.25, 0.3) is 0 Å². The van der Waals surface area contributed by atoms with Crippen LogP contribution in [0.25, 0.3) is 0 Å². The van der Waals surface area contributed by atoms with Crippen LogP contribution in [0.5, 0.6) is 0 Å². The predicted molar refractivity (Wildman–Crippen MR) is 72.5 cm³/mol. The van der Waals surface area contributed by atoms with Crippen LogP contribution in [0.3, 0.4) is 0 Å². The fourth-order valence-corrected chi connectivity index (χ4v) is 2.19. The first-order valence-electron chi connectivity index (χ1n) is 5.08. The lowest BCUT2D eigenvalue weighted by molar-refractivity contribution is 0.0980. The topological polar surface area (TPSA) is 34.1 Å². The average molecular weight is 279 g/mol. The highest BCUT2D eigenvalue weighted by Gasteiger charge is 2.30. The molecule has 0 atom stereocenters. The van der Waals surface area contributed by atoms with Gasteiger partial charge >= 0.3 is 0 Å². The van der Waals surface area contributed by atoms with E-state index in [-0.39, 0.29) is 43.9 Å². The minimum absolute atomic E-state index is 0.237. The van der Waals surface area contributed by atoms with E-state index in [1.165, 1.54) is 24.3 Å². The van der Waals surface area contributed by atoms with Gasteiger partial charge in [-0.05, 0) is 12.1 Å². The molecule has 0 aromatic heterocycles. The molecule has 1 aromatic carbocycles. The summed E-state index contributed by atoms with van der Waals surface area (Å²) in [5.41, 5.74) is 0.964. The van der Waals surface area contributed by atoms with Gasteiger partial charge in [0.05, 0.1) is 10.0 Å². The van der Waals surface area contributed by atoms with Crippen molar-refractivity contribution in [1.29, 1.82) is 0 Å². The summed E-state index contributed by atoms with van der Waals surface area (Å²) in [6.07, 6.45) is 2.70. The third-order valence-corrected chi connectivity index (χ3v) is 3.46. The quantitative estimate of drug-likeness (QED) is 0.818. The standard InChI is InChI=1S/C14H8Cl2O2/c1-3-7-8(4-2)14(18)10-6-12(16)11(15)5-9(10)13(7)17/h3-6H,1-2H2. The second-order valence-electron chi connectivity index (χ2n) is 3.71. The van der Waals surface area contributed by atoms with Crippen LogP contribution in [-0.4, -0.2) is 11.6 Å². The second-order valence-corrected chi connectivity index (χ2v) is 4.52. The number of benzene rings is 1. The van der Waals surface area contributed by atoms with E-state index in [0.29, 0.717) is 0 Å². The third-order valence-electron chi connectivity index (χ3n) is 2.74. The van der Waals surface area contributed by atoms with E-state index in [4.69, 9.17) is 23.2 Å². The van der Waals surface area contributed by atoms with E-state index in [9.17, 15) is 9.59 Å². The van der Waals surface area contributed by atoms with Crippen molar-refractivity contribution in [2.45, 2.75) is 0 Å². The summed E-state index contributed by atoms with van der Waals surface area (Å²) in [6, 6.07) is 2.81. The summed E-state index contributed by atoms with van der Waals surface area (Å²) in [5.74, 6) is -0.596. The van der Waals surface area contributed by atoms with Gasteiger partial charge in [-0.25, -0.2) is 0 Å². The summed E-state index contributed by atoms with van der Waals surface area (Å²) in [7, 11) is 0. The Balaban J connectivity index is 2.80. The highest BCUT2D eigenvalue weighted by Crippen LogP contribution is 2.33. The molecule has 18 heavy (non-hydrogen) atoms. The molecule has 0 saturated carbocycles. The van der Waals surface area contributed by atoms with Crippen molar-refractivity contribution in [3.63, 3.8) is 0 Å².